The van der Waals surface area contributed by atoms with Crippen LogP contribution >= 0.6 is 11.6 Å². The molecule has 2 rings (SSSR count). The van der Waals surface area contributed by atoms with E-state index in [0.29, 0.717) is 36.8 Å². The Morgan fingerprint density at radius 1 is 1.33 bits per heavy atom. The highest BCUT2D eigenvalue weighted by Crippen LogP contribution is 2.20. The first kappa shape index (κ1) is 12.7. The first-order valence-corrected chi connectivity index (χ1v) is 6.12. The number of rotatable bonds is 1. The zero-order valence-corrected chi connectivity index (χ0v) is 10.5. The molecule has 1 aliphatic rings. The number of carbonyl (C=O) groups excluding carboxylic acids is 2. The fourth-order valence-corrected chi connectivity index (χ4v) is 1.91. The molecular weight excluding hydrogens is 254 g/mol. The molecule has 0 spiro atoms. The molecule has 0 aliphatic carbocycles. The molecule has 1 aromatic carbocycles. The molecule has 96 valence electrons. The number of para-hydroxylation sites is 1. The van der Waals surface area contributed by atoms with Gasteiger partial charge >= 0.3 is 6.03 Å². The number of hydrogen-bond acceptors (Lipinski definition) is 2. The van der Waals surface area contributed by atoms with Gasteiger partial charge in [-0.15, -0.1) is 0 Å². The van der Waals surface area contributed by atoms with Crippen molar-refractivity contribution in [3.05, 3.63) is 29.3 Å². The Morgan fingerprint density at radius 2 is 2.11 bits per heavy atom. The maximum atomic E-state index is 12.0. The number of anilines is 1. The van der Waals surface area contributed by atoms with Crippen molar-refractivity contribution in [1.29, 1.82) is 0 Å². The molecular formula is C12H14ClN3O2. The number of urea groups is 1. The predicted molar refractivity (Wildman–Crippen MR) is 69.7 cm³/mol. The summed E-state index contributed by atoms with van der Waals surface area (Å²) in [4.78, 5) is 24.8. The number of carbonyl (C=O) groups is 2. The molecule has 1 fully saturated rings. The van der Waals surface area contributed by atoms with E-state index >= 15 is 0 Å². The van der Waals surface area contributed by atoms with Crippen molar-refractivity contribution < 1.29 is 9.59 Å². The fraction of sp³-hybridized carbons (Fsp3) is 0.333. The maximum absolute atomic E-state index is 12.0. The van der Waals surface area contributed by atoms with Crippen LogP contribution in [0.2, 0.25) is 5.02 Å². The lowest BCUT2D eigenvalue weighted by Crippen LogP contribution is -2.37. The Labute approximate surface area is 110 Å². The van der Waals surface area contributed by atoms with E-state index in [-0.39, 0.29) is 11.9 Å². The number of nitrogens with one attached hydrogen (secondary N) is 2. The molecule has 1 aliphatic heterocycles. The molecule has 6 heteroatoms. The lowest BCUT2D eigenvalue weighted by molar-refractivity contribution is -0.120. The lowest BCUT2D eigenvalue weighted by atomic mass is 10.3. The van der Waals surface area contributed by atoms with Crippen LogP contribution in [0.4, 0.5) is 10.5 Å². The second kappa shape index (κ2) is 5.73. The molecule has 3 amide bonds. The van der Waals surface area contributed by atoms with E-state index in [0.717, 1.165) is 0 Å². The molecule has 18 heavy (non-hydrogen) atoms. The number of halogens is 1. The summed E-state index contributed by atoms with van der Waals surface area (Å²) in [6, 6.07) is 6.81. The van der Waals surface area contributed by atoms with Crippen LogP contribution in [0.1, 0.15) is 6.42 Å². The van der Waals surface area contributed by atoms with E-state index in [9.17, 15) is 9.59 Å². The second-order valence-corrected chi connectivity index (χ2v) is 4.40. The summed E-state index contributed by atoms with van der Waals surface area (Å²) in [5, 5.41) is 5.95. The number of hydrogen-bond donors (Lipinski definition) is 2. The van der Waals surface area contributed by atoms with Crippen molar-refractivity contribution in [3.8, 4) is 0 Å². The molecule has 0 radical (unpaired) electrons. The number of nitrogens with zero attached hydrogens (tertiary/aromatic N) is 1. The standard InChI is InChI=1S/C12H14ClN3O2/c13-9-3-1-2-4-10(9)15-12(18)16-7-5-11(17)14-6-8-16/h1-4H,5-8H2,(H,14,17)(H,15,18). The van der Waals surface area contributed by atoms with Crippen LogP contribution < -0.4 is 10.6 Å². The second-order valence-electron chi connectivity index (χ2n) is 4.00. The van der Waals surface area contributed by atoms with Gasteiger partial charge in [-0.1, -0.05) is 23.7 Å². The minimum absolute atomic E-state index is 0.0250. The van der Waals surface area contributed by atoms with Gasteiger partial charge in [-0.25, -0.2) is 4.79 Å². The Balaban J connectivity index is 1.99. The average molecular weight is 268 g/mol. The molecule has 0 atom stereocenters. The fourth-order valence-electron chi connectivity index (χ4n) is 1.73. The van der Waals surface area contributed by atoms with Gasteiger partial charge in [-0.2, -0.15) is 0 Å². The van der Waals surface area contributed by atoms with E-state index < -0.39 is 0 Å². The highest BCUT2D eigenvalue weighted by atomic mass is 35.5. The van der Waals surface area contributed by atoms with Gasteiger partial charge in [0.2, 0.25) is 5.91 Å². The summed E-state index contributed by atoms with van der Waals surface area (Å²) < 4.78 is 0. The Morgan fingerprint density at radius 3 is 2.89 bits per heavy atom. The van der Waals surface area contributed by atoms with Crippen molar-refractivity contribution in [2.45, 2.75) is 6.42 Å². The van der Waals surface area contributed by atoms with Gasteiger partial charge in [0, 0.05) is 26.1 Å². The summed E-state index contributed by atoms with van der Waals surface area (Å²) in [5.74, 6) is -0.0250. The van der Waals surface area contributed by atoms with Gasteiger partial charge in [-0.05, 0) is 12.1 Å². The van der Waals surface area contributed by atoms with Gasteiger partial charge < -0.3 is 15.5 Å². The molecule has 0 aromatic heterocycles. The van der Waals surface area contributed by atoms with Crippen LogP contribution in [0.5, 0.6) is 0 Å². The van der Waals surface area contributed by atoms with Gasteiger partial charge in [0.1, 0.15) is 0 Å². The SMILES string of the molecule is O=C1CCN(C(=O)Nc2ccccc2Cl)CCN1. The van der Waals surface area contributed by atoms with Crippen LogP contribution in [0.3, 0.4) is 0 Å². The quantitative estimate of drug-likeness (QED) is 0.813. The van der Waals surface area contributed by atoms with Gasteiger partial charge in [-0.3, -0.25) is 4.79 Å². The number of benzene rings is 1. The molecule has 0 saturated carbocycles. The summed E-state index contributed by atoms with van der Waals surface area (Å²) >= 11 is 5.96. The number of amides is 3. The first-order valence-electron chi connectivity index (χ1n) is 5.74. The summed E-state index contributed by atoms with van der Waals surface area (Å²) in [7, 11) is 0. The van der Waals surface area contributed by atoms with Crippen molar-refractivity contribution in [2.75, 3.05) is 25.0 Å². The summed E-state index contributed by atoms with van der Waals surface area (Å²) in [6.45, 7) is 1.40. The molecule has 5 nitrogen and oxygen atoms in total. The van der Waals surface area contributed by atoms with Crippen LogP contribution in [-0.4, -0.2) is 36.5 Å². The normalized spacial score (nSPS) is 15.8. The van der Waals surface area contributed by atoms with Crippen molar-refractivity contribution >= 4 is 29.2 Å². The first-order chi connectivity index (χ1) is 8.66. The van der Waals surface area contributed by atoms with Gasteiger partial charge in [0.15, 0.2) is 0 Å². The molecule has 0 unspecified atom stereocenters. The zero-order chi connectivity index (χ0) is 13.0. The minimum atomic E-state index is -0.236. The molecule has 0 bridgehead atoms. The van der Waals surface area contributed by atoms with E-state index in [1.54, 1.807) is 29.2 Å². The van der Waals surface area contributed by atoms with Crippen LogP contribution in [-0.2, 0) is 4.79 Å². The lowest BCUT2D eigenvalue weighted by Gasteiger charge is -2.20. The Kier molecular flexibility index (Phi) is 4.04. The molecule has 1 heterocycles. The van der Waals surface area contributed by atoms with E-state index in [2.05, 4.69) is 10.6 Å². The van der Waals surface area contributed by atoms with Crippen LogP contribution in [0, 0.1) is 0 Å². The summed E-state index contributed by atoms with van der Waals surface area (Å²) in [6.07, 6.45) is 0.329. The van der Waals surface area contributed by atoms with E-state index in [1.807, 2.05) is 0 Å². The highest BCUT2D eigenvalue weighted by Gasteiger charge is 2.18. The molecule has 1 saturated heterocycles. The maximum Gasteiger partial charge on any atom is 0.321 e. The van der Waals surface area contributed by atoms with E-state index in [1.165, 1.54) is 0 Å². The van der Waals surface area contributed by atoms with Crippen LogP contribution in [0.25, 0.3) is 0 Å². The molecule has 1 aromatic rings. The topological polar surface area (TPSA) is 61.4 Å². The third kappa shape index (κ3) is 3.13. The van der Waals surface area contributed by atoms with Gasteiger partial charge in [0.25, 0.3) is 0 Å². The van der Waals surface area contributed by atoms with Crippen molar-refractivity contribution in [2.24, 2.45) is 0 Å². The minimum Gasteiger partial charge on any atom is -0.354 e. The third-order valence-electron chi connectivity index (χ3n) is 2.72. The Hall–Kier alpha value is -1.75. The zero-order valence-electron chi connectivity index (χ0n) is 9.78. The van der Waals surface area contributed by atoms with Crippen LogP contribution in [0.15, 0.2) is 24.3 Å². The van der Waals surface area contributed by atoms with Crippen molar-refractivity contribution in [3.63, 3.8) is 0 Å². The third-order valence-corrected chi connectivity index (χ3v) is 3.04. The van der Waals surface area contributed by atoms with Crippen molar-refractivity contribution in [1.82, 2.24) is 10.2 Å². The molecule has 2 N–H and O–H groups in total. The largest absolute Gasteiger partial charge is 0.354 e. The predicted octanol–water partition coefficient (Wildman–Crippen LogP) is 1.69. The Bertz CT molecular complexity index is 464. The van der Waals surface area contributed by atoms with E-state index in [4.69, 9.17) is 11.6 Å². The smallest absolute Gasteiger partial charge is 0.321 e. The summed E-state index contributed by atoms with van der Waals surface area (Å²) in [5.41, 5.74) is 0.577. The highest BCUT2D eigenvalue weighted by molar-refractivity contribution is 6.33. The van der Waals surface area contributed by atoms with Gasteiger partial charge in [0.05, 0.1) is 10.7 Å². The average Bonchev–Trinajstić information content (AvgIpc) is 2.57. The monoisotopic (exact) mass is 267 g/mol.